The van der Waals surface area contributed by atoms with E-state index in [4.69, 9.17) is 4.98 Å². The van der Waals surface area contributed by atoms with Crippen molar-refractivity contribution in [3.8, 4) is 0 Å². The van der Waals surface area contributed by atoms with Gasteiger partial charge in [0.15, 0.2) is 0 Å². The summed E-state index contributed by atoms with van der Waals surface area (Å²) in [4.78, 5) is 20.6. The zero-order chi connectivity index (χ0) is 25.3. The number of hydrogen-bond donors (Lipinski definition) is 1. The molecule has 1 amide bonds. The van der Waals surface area contributed by atoms with Crippen molar-refractivity contribution in [2.24, 2.45) is 13.0 Å². The monoisotopic (exact) mass is 497 g/mol. The molecule has 1 N–H and O–H groups in total. The first-order chi connectivity index (χ1) is 16.6. The van der Waals surface area contributed by atoms with Crippen molar-refractivity contribution in [3.63, 3.8) is 0 Å². The normalized spacial score (nSPS) is 16.9. The number of nitrogens with one attached hydrogen (secondary N) is 1. The summed E-state index contributed by atoms with van der Waals surface area (Å²) in [5.41, 5.74) is 3.39. The molecule has 1 atom stereocenters. The van der Waals surface area contributed by atoms with E-state index in [1.807, 2.05) is 34.7 Å². The quantitative estimate of drug-likeness (QED) is 0.534. The Bertz CT molecular complexity index is 1320. The Labute approximate surface area is 208 Å². The summed E-state index contributed by atoms with van der Waals surface area (Å²) in [6, 6.07) is 13.7. The second-order valence-corrected chi connectivity index (χ2v) is 11.9. The standard InChI is InChI=1S/C26H35N5O3S/c1-18(2)14-24-27-23-16-21(28-35(33,34)29(3)4)15-22(25(23)30(24)5)26(32)31-13-9-12-20(17-31)19-10-7-6-8-11-19/h6-8,10-11,15-16,18,20,28H,9,12-14,17H2,1-5H3. The van der Waals surface area contributed by atoms with Crippen molar-refractivity contribution in [2.75, 3.05) is 31.9 Å². The Morgan fingerprint density at radius 1 is 1.20 bits per heavy atom. The maximum absolute atomic E-state index is 13.9. The molecule has 4 rings (SSSR count). The zero-order valence-corrected chi connectivity index (χ0v) is 22.0. The largest absolute Gasteiger partial charge is 0.338 e. The molecule has 1 fully saturated rings. The molecule has 2 heterocycles. The average molecular weight is 498 g/mol. The summed E-state index contributed by atoms with van der Waals surface area (Å²) in [7, 11) is 1.12. The van der Waals surface area contributed by atoms with Crippen LogP contribution in [-0.4, -0.2) is 60.3 Å². The van der Waals surface area contributed by atoms with Gasteiger partial charge in [0.1, 0.15) is 5.82 Å². The van der Waals surface area contributed by atoms with Crippen LogP contribution in [-0.2, 0) is 23.7 Å². The van der Waals surface area contributed by atoms with Crippen molar-refractivity contribution < 1.29 is 13.2 Å². The molecule has 0 bridgehead atoms. The first-order valence-corrected chi connectivity index (χ1v) is 13.5. The minimum absolute atomic E-state index is 0.0966. The van der Waals surface area contributed by atoms with Gasteiger partial charge < -0.3 is 9.47 Å². The lowest BCUT2D eigenvalue weighted by Crippen LogP contribution is -2.39. The lowest BCUT2D eigenvalue weighted by molar-refractivity contribution is 0.0708. The highest BCUT2D eigenvalue weighted by atomic mass is 32.2. The highest BCUT2D eigenvalue weighted by molar-refractivity contribution is 7.90. The van der Waals surface area contributed by atoms with Crippen LogP contribution >= 0.6 is 0 Å². The van der Waals surface area contributed by atoms with Gasteiger partial charge in [-0.3, -0.25) is 9.52 Å². The molecule has 1 unspecified atom stereocenters. The third-order valence-electron chi connectivity index (χ3n) is 6.59. The number of benzene rings is 2. The molecule has 1 aliphatic heterocycles. The van der Waals surface area contributed by atoms with Crippen molar-refractivity contribution in [1.82, 2.24) is 18.8 Å². The minimum atomic E-state index is -3.73. The van der Waals surface area contributed by atoms with Gasteiger partial charge in [0.2, 0.25) is 0 Å². The molecule has 1 aliphatic rings. The Hall–Kier alpha value is -2.91. The number of amides is 1. The number of hydrogen-bond acceptors (Lipinski definition) is 4. The number of likely N-dealkylation sites (tertiary alicyclic amines) is 1. The van der Waals surface area contributed by atoms with E-state index in [0.717, 1.165) is 34.9 Å². The molecular weight excluding hydrogens is 462 g/mol. The van der Waals surface area contributed by atoms with E-state index >= 15 is 0 Å². The molecule has 9 heteroatoms. The summed E-state index contributed by atoms with van der Waals surface area (Å²) >= 11 is 0. The number of imidazole rings is 1. The summed E-state index contributed by atoms with van der Waals surface area (Å²) < 4.78 is 30.7. The second kappa shape index (κ2) is 9.99. The van der Waals surface area contributed by atoms with E-state index < -0.39 is 10.2 Å². The van der Waals surface area contributed by atoms with E-state index in [9.17, 15) is 13.2 Å². The summed E-state index contributed by atoms with van der Waals surface area (Å²) in [6.45, 7) is 5.56. The van der Waals surface area contributed by atoms with Gasteiger partial charge in [-0.15, -0.1) is 0 Å². The van der Waals surface area contributed by atoms with Gasteiger partial charge in [-0.05, 0) is 36.5 Å². The van der Waals surface area contributed by atoms with Crippen LogP contribution in [0.25, 0.3) is 11.0 Å². The molecule has 0 saturated carbocycles. The Morgan fingerprint density at radius 3 is 2.57 bits per heavy atom. The van der Waals surface area contributed by atoms with Crippen LogP contribution in [0.1, 0.15) is 54.4 Å². The molecule has 188 valence electrons. The predicted molar refractivity (Wildman–Crippen MR) is 140 cm³/mol. The number of aryl methyl sites for hydroxylation is 1. The SMILES string of the molecule is CC(C)Cc1nc2cc(NS(=O)(=O)N(C)C)cc(C(=O)N3CCCC(c4ccccc4)C3)c2n1C. The number of nitrogens with zero attached hydrogens (tertiary/aromatic N) is 4. The van der Waals surface area contributed by atoms with E-state index in [0.29, 0.717) is 35.8 Å². The van der Waals surface area contributed by atoms with Crippen molar-refractivity contribution in [3.05, 3.63) is 59.4 Å². The molecule has 0 spiro atoms. The third kappa shape index (κ3) is 5.36. The Morgan fingerprint density at radius 2 is 1.91 bits per heavy atom. The number of carbonyl (C=O) groups excluding carboxylic acids is 1. The fraction of sp³-hybridized carbons (Fsp3) is 0.462. The van der Waals surface area contributed by atoms with Gasteiger partial charge in [-0.1, -0.05) is 44.2 Å². The van der Waals surface area contributed by atoms with Crippen LogP contribution in [0.5, 0.6) is 0 Å². The first-order valence-electron chi connectivity index (χ1n) is 12.1. The number of rotatable bonds is 7. The molecular formula is C26H35N5O3S. The fourth-order valence-corrected chi connectivity index (χ4v) is 5.34. The van der Waals surface area contributed by atoms with Crippen molar-refractivity contribution in [1.29, 1.82) is 0 Å². The molecule has 0 radical (unpaired) electrons. The van der Waals surface area contributed by atoms with Crippen molar-refractivity contribution >= 4 is 32.8 Å². The van der Waals surface area contributed by atoms with E-state index in [-0.39, 0.29) is 11.8 Å². The Balaban J connectivity index is 1.76. The fourth-order valence-electron chi connectivity index (χ4n) is 4.74. The molecule has 1 aromatic heterocycles. The molecule has 3 aromatic rings. The van der Waals surface area contributed by atoms with Crippen molar-refractivity contribution in [2.45, 2.75) is 39.0 Å². The average Bonchev–Trinajstić information content (AvgIpc) is 3.12. The predicted octanol–water partition coefficient (Wildman–Crippen LogP) is 4.01. The number of aromatic nitrogens is 2. The highest BCUT2D eigenvalue weighted by Gasteiger charge is 2.28. The molecule has 2 aromatic carbocycles. The molecule has 0 aliphatic carbocycles. The van der Waals surface area contributed by atoms with Gasteiger partial charge in [0, 0.05) is 46.6 Å². The zero-order valence-electron chi connectivity index (χ0n) is 21.2. The first kappa shape index (κ1) is 25.2. The highest BCUT2D eigenvalue weighted by Crippen LogP contribution is 2.31. The number of fused-ring (bicyclic) bond motifs is 1. The van der Waals surface area contributed by atoms with Crippen LogP contribution in [0.4, 0.5) is 5.69 Å². The Kier molecular flexibility index (Phi) is 7.19. The topological polar surface area (TPSA) is 87.5 Å². The smallest absolute Gasteiger partial charge is 0.301 e. The van der Waals surface area contributed by atoms with E-state index in [1.54, 1.807) is 12.1 Å². The van der Waals surface area contributed by atoms with Gasteiger partial charge in [0.25, 0.3) is 5.91 Å². The minimum Gasteiger partial charge on any atom is -0.338 e. The second-order valence-electron chi connectivity index (χ2n) is 9.97. The van der Waals surface area contributed by atoms with E-state index in [2.05, 4.69) is 30.7 Å². The van der Waals surface area contributed by atoms with Crippen LogP contribution < -0.4 is 4.72 Å². The summed E-state index contributed by atoms with van der Waals surface area (Å²) in [5.74, 6) is 1.45. The van der Waals surface area contributed by atoms with Gasteiger partial charge >= 0.3 is 10.2 Å². The lowest BCUT2D eigenvalue weighted by atomic mass is 9.90. The van der Waals surface area contributed by atoms with E-state index in [1.165, 1.54) is 19.7 Å². The number of anilines is 1. The maximum atomic E-state index is 13.9. The summed E-state index contributed by atoms with van der Waals surface area (Å²) in [5, 5.41) is 0. The third-order valence-corrected chi connectivity index (χ3v) is 8.05. The molecule has 1 saturated heterocycles. The van der Waals surface area contributed by atoms with Crippen LogP contribution in [0.2, 0.25) is 0 Å². The summed E-state index contributed by atoms with van der Waals surface area (Å²) in [6.07, 6.45) is 2.72. The van der Waals surface area contributed by atoms with Crippen LogP contribution in [0, 0.1) is 5.92 Å². The number of carbonyl (C=O) groups is 1. The maximum Gasteiger partial charge on any atom is 0.301 e. The van der Waals surface area contributed by atoms with Gasteiger partial charge in [-0.25, -0.2) is 4.98 Å². The molecule has 8 nitrogen and oxygen atoms in total. The van der Waals surface area contributed by atoms with Crippen LogP contribution in [0.15, 0.2) is 42.5 Å². The van der Waals surface area contributed by atoms with Gasteiger partial charge in [-0.2, -0.15) is 12.7 Å². The van der Waals surface area contributed by atoms with Crippen LogP contribution in [0.3, 0.4) is 0 Å². The molecule has 35 heavy (non-hydrogen) atoms. The van der Waals surface area contributed by atoms with Gasteiger partial charge in [0.05, 0.1) is 22.3 Å². The lowest BCUT2D eigenvalue weighted by Gasteiger charge is -2.33. The number of piperidine rings is 1.